The molecule has 1 aliphatic carbocycles. The van der Waals surface area contributed by atoms with Gasteiger partial charge in [-0.25, -0.2) is 4.98 Å². The van der Waals surface area contributed by atoms with Crippen molar-refractivity contribution in [1.82, 2.24) is 14.9 Å². The summed E-state index contributed by atoms with van der Waals surface area (Å²) in [5.41, 5.74) is 2.38. The molecule has 0 amide bonds. The van der Waals surface area contributed by atoms with Crippen molar-refractivity contribution in [2.45, 2.75) is 48.6 Å². The lowest BCUT2D eigenvalue weighted by atomic mass is 9.95. The van der Waals surface area contributed by atoms with Crippen LogP contribution in [0.3, 0.4) is 0 Å². The molecule has 190 valence electrons. The lowest BCUT2D eigenvalue weighted by Crippen LogP contribution is -2.55. The first-order valence-corrected chi connectivity index (χ1v) is 13.5. The molecule has 0 bridgehead atoms. The number of piperazine rings is 1. The van der Waals surface area contributed by atoms with Crippen LogP contribution in [0.2, 0.25) is 0 Å². The standard InChI is InChI=1S/C29H31N5O2S/c1-29(2,24-8-9-24)34-14-12-33(13-15-34)28-31-18-26(37-25-10-6-21(17-30)7-11-25)27(32-28)36-20-23-5-3-4-22(16-23)19-35/h3-7,10-11,16,18-19,24H,8-9,12-15,20H2,1-2H3. The zero-order valence-electron chi connectivity index (χ0n) is 21.3. The fourth-order valence-corrected chi connectivity index (χ4v) is 5.66. The highest BCUT2D eigenvalue weighted by Gasteiger charge is 2.42. The van der Waals surface area contributed by atoms with E-state index in [1.807, 2.05) is 36.5 Å². The Hall–Kier alpha value is -3.41. The van der Waals surface area contributed by atoms with E-state index in [0.717, 1.165) is 53.7 Å². The first-order valence-electron chi connectivity index (χ1n) is 12.7. The Balaban J connectivity index is 1.34. The summed E-state index contributed by atoms with van der Waals surface area (Å²) in [6.07, 6.45) is 5.34. The number of aldehydes is 1. The molecule has 2 heterocycles. The van der Waals surface area contributed by atoms with Crippen LogP contribution < -0.4 is 9.64 Å². The van der Waals surface area contributed by atoms with E-state index in [1.165, 1.54) is 24.6 Å². The van der Waals surface area contributed by atoms with Crippen LogP contribution in [0, 0.1) is 17.2 Å². The van der Waals surface area contributed by atoms with E-state index in [2.05, 4.69) is 29.7 Å². The molecular formula is C29H31N5O2S. The molecule has 7 nitrogen and oxygen atoms in total. The number of carbonyl (C=O) groups is 1. The Morgan fingerprint density at radius 1 is 1.14 bits per heavy atom. The zero-order valence-corrected chi connectivity index (χ0v) is 22.1. The largest absolute Gasteiger partial charge is 0.472 e. The number of nitrogens with zero attached hydrogens (tertiary/aromatic N) is 5. The third-order valence-electron chi connectivity index (χ3n) is 7.34. The van der Waals surface area contributed by atoms with Gasteiger partial charge in [-0.05, 0) is 68.5 Å². The van der Waals surface area contributed by atoms with Gasteiger partial charge in [-0.3, -0.25) is 9.69 Å². The van der Waals surface area contributed by atoms with E-state index in [9.17, 15) is 4.79 Å². The third kappa shape index (κ3) is 5.95. The topological polar surface area (TPSA) is 82.4 Å². The summed E-state index contributed by atoms with van der Waals surface area (Å²) in [4.78, 5) is 27.4. The second-order valence-corrected chi connectivity index (χ2v) is 11.2. The maximum absolute atomic E-state index is 11.2. The molecule has 1 aromatic heterocycles. The van der Waals surface area contributed by atoms with Crippen LogP contribution in [0.5, 0.6) is 5.88 Å². The summed E-state index contributed by atoms with van der Waals surface area (Å²) in [5.74, 6) is 1.99. The Bertz CT molecular complexity index is 1290. The zero-order chi connectivity index (χ0) is 25.8. The minimum Gasteiger partial charge on any atom is -0.472 e. The molecule has 3 aromatic rings. The van der Waals surface area contributed by atoms with Crippen molar-refractivity contribution in [1.29, 1.82) is 5.26 Å². The smallest absolute Gasteiger partial charge is 0.232 e. The Labute approximate surface area is 222 Å². The molecule has 0 atom stereocenters. The minimum absolute atomic E-state index is 0.249. The Morgan fingerprint density at radius 2 is 1.89 bits per heavy atom. The molecule has 2 aliphatic rings. The SMILES string of the molecule is CC(C)(C1CC1)N1CCN(c2ncc(Sc3ccc(C#N)cc3)c(OCc3cccc(C=O)c3)n2)CC1. The number of hydrogen-bond acceptors (Lipinski definition) is 8. The first kappa shape index (κ1) is 25.2. The number of nitriles is 1. The van der Waals surface area contributed by atoms with Gasteiger partial charge in [0.2, 0.25) is 11.8 Å². The summed E-state index contributed by atoms with van der Waals surface area (Å²) in [5, 5.41) is 9.10. The number of aromatic nitrogens is 2. The molecule has 8 heteroatoms. The van der Waals surface area contributed by atoms with Gasteiger partial charge in [0, 0.05) is 42.2 Å². The quantitative estimate of drug-likeness (QED) is 0.361. The van der Waals surface area contributed by atoms with Crippen LogP contribution in [-0.4, -0.2) is 52.9 Å². The fraction of sp³-hybridized carbons (Fsp3) is 0.379. The van der Waals surface area contributed by atoms with E-state index in [-0.39, 0.29) is 5.54 Å². The Morgan fingerprint density at radius 3 is 2.57 bits per heavy atom. The van der Waals surface area contributed by atoms with Gasteiger partial charge >= 0.3 is 0 Å². The van der Waals surface area contributed by atoms with Crippen molar-refractivity contribution < 1.29 is 9.53 Å². The van der Waals surface area contributed by atoms with E-state index in [0.29, 0.717) is 29.6 Å². The van der Waals surface area contributed by atoms with Gasteiger partial charge in [-0.15, -0.1) is 0 Å². The van der Waals surface area contributed by atoms with Crippen LogP contribution in [0.25, 0.3) is 0 Å². The predicted molar refractivity (Wildman–Crippen MR) is 144 cm³/mol. The molecule has 1 saturated heterocycles. The van der Waals surface area contributed by atoms with Crippen molar-refractivity contribution in [2.75, 3.05) is 31.1 Å². The van der Waals surface area contributed by atoms with Crippen molar-refractivity contribution >= 4 is 24.0 Å². The normalized spacial score (nSPS) is 16.3. The fourth-order valence-electron chi connectivity index (χ4n) is 4.84. The highest BCUT2D eigenvalue weighted by atomic mass is 32.2. The van der Waals surface area contributed by atoms with Crippen LogP contribution in [0.1, 0.15) is 48.2 Å². The van der Waals surface area contributed by atoms with E-state index in [1.54, 1.807) is 18.2 Å². The molecule has 1 aliphatic heterocycles. The predicted octanol–water partition coefficient (Wildman–Crippen LogP) is 5.20. The van der Waals surface area contributed by atoms with Crippen LogP contribution in [0.15, 0.2) is 64.5 Å². The van der Waals surface area contributed by atoms with Gasteiger partial charge in [-0.2, -0.15) is 10.2 Å². The molecular weight excluding hydrogens is 482 g/mol. The van der Waals surface area contributed by atoms with Gasteiger partial charge in [0.1, 0.15) is 12.9 Å². The molecule has 0 N–H and O–H groups in total. The monoisotopic (exact) mass is 513 g/mol. The summed E-state index contributed by atoms with van der Waals surface area (Å²) >= 11 is 1.50. The molecule has 37 heavy (non-hydrogen) atoms. The number of ether oxygens (including phenoxy) is 1. The van der Waals surface area contributed by atoms with Crippen molar-refractivity contribution in [3.05, 3.63) is 71.4 Å². The molecule has 2 aromatic carbocycles. The second kappa shape index (κ2) is 10.9. The highest BCUT2D eigenvalue weighted by molar-refractivity contribution is 7.99. The number of carbonyl (C=O) groups excluding carboxylic acids is 1. The van der Waals surface area contributed by atoms with Crippen molar-refractivity contribution in [2.24, 2.45) is 5.92 Å². The maximum atomic E-state index is 11.2. The van der Waals surface area contributed by atoms with E-state index >= 15 is 0 Å². The minimum atomic E-state index is 0.249. The average Bonchev–Trinajstić information content (AvgIpc) is 3.80. The number of hydrogen-bond donors (Lipinski definition) is 0. The van der Waals surface area contributed by atoms with E-state index < -0.39 is 0 Å². The molecule has 5 rings (SSSR count). The maximum Gasteiger partial charge on any atom is 0.232 e. The number of benzene rings is 2. The number of rotatable bonds is 9. The van der Waals surface area contributed by atoms with Gasteiger partial charge in [0.05, 0.1) is 22.7 Å². The second-order valence-electron chi connectivity index (χ2n) is 10.1. The Kier molecular flexibility index (Phi) is 7.45. The summed E-state index contributed by atoms with van der Waals surface area (Å²) in [7, 11) is 0. The van der Waals surface area contributed by atoms with Gasteiger partial charge in [0.15, 0.2) is 0 Å². The lowest BCUT2D eigenvalue weighted by Gasteiger charge is -2.44. The molecule has 1 saturated carbocycles. The molecule has 0 unspecified atom stereocenters. The van der Waals surface area contributed by atoms with Crippen LogP contribution >= 0.6 is 11.8 Å². The summed E-state index contributed by atoms with van der Waals surface area (Å²) < 4.78 is 6.21. The average molecular weight is 514 g/mol. The first-order chi connectivity index (χ1) is 18.0. The van der Waals surface area contributed by atoms with Crippen molar-refractivity contribution in [3.63, 3.8) is 0 Å². The lowest BCUT2D eigenvalue weighted by molar-refractivity contribution is 0.0915. The van der Waals surface area contributed by atoms with Crippen LogP contribution in [-0.2, 0) is 6.61 Å². The van der Waals surface area contributed by atoms with Gasteiger partial charge in [-0.1, -0.05) is 30.0 Å². The van der Waals surface area contributed by atoms with Gasteiger partial charge in [0.25, 0.3) is 0 Å². The van der Waals surface area contributed by atoms with E-state index in [4.69, 9.17) is 20.0 Å². The molecule has 0 spiro atoms. The summed E-state index contributed by atoms with van der Waals surface area (Å²) in [6.45, 7) is 8.77. The molecule has 2 fully saturated rings. The van der Waals surface area contributed by atoms with Crippen LogP contribution in [0.4, 0.5) is 5.95 Å². The summed E-state index contributed by atoms with van der Waals surface area (Å²) in [6, 6.07) is 16.9. The molecule has 0 radical (unpaired) electrons. The van der Waals surface area contributed by atoms with Crippen molar-refractivity contribution in [3.8, 4) is 11.9 Å². The third-order valence-corrected chi connectivity index (χ3v) is 8.35. The highest BCUT2D eigenvalue weighted by Crippen LogP contribution is 2.43. The number of anilines is 1. The van der Waals surface area contributed by atoms with Gasteiger partial charge < -0.3 is 9.64 Å².